The van der Waals surface area contributed by atoms with Crippen LogP contribution in [0.2, 0.25) is 0 Å². The first kappa shape index (κ1) is 18.2. The van der Waals surface area contributed by atoms with Crippen molar-refractivity contribution in [1.82, 2.24) is 9.47 Å². The zero-order valence-corrected chi connectivity index (χ0v) is 15.1. The Hall–Kier alpha value is -2.63. The molecule has 0 radical (unpaired) electrons. The number of aromatic nitrogens is 1. The van der Waals surface area contributed by atoms with Gasteiger partial charge in [-0.15, -0.1) is 0 Å². The minimum Gasteiger partial charge on any atom is -0.465 e. The molecule has 0 aliphatic carbocycles. The van der Waals surface area contributed by atoms with E-state index in [0.717, 1.165) is 10.9 Å². The Kier molecular flexibility index (Phi) is 5.11. The number of carbonyl (C=O) groups is 3. The Bertz CT molecular complexity index is 845. The summed E-state index contributed by atoms with van der Waals surface area (Å²) in [6.07, 6.45) is 2.29. The molecule has 138 valence electrons. The van der Waals surface area contributed by atoms with Gasteiger partial charge < -0.3 is 14.6 Å². The van der Waals surface area contributed by atoms with Gasteiger partial charge in [-0.1, -0.05) is 18.2 Å². The predicted molar refractivity (Wildman–Crippen MR) is 98.6 cm³/mol. The molecular formula is C20H24N2O4. The van der Waals surface area contributed by atoms with Gasteiger partial charge in [0, 0.05) is 42.7 Å². The fourth-order valence-electron chi connectivity index (χ4n) is 3.65. The lowest BCUT2D eigenvalue weighted by Gasteiger charge is -2.29. The summed E-state index contributed by atoms with van der Waals surface area (Å²) in [7, 11) is 0. The molecular weight excluding hydrogens is 332 g/mol. The number of amides is 1. The van der Waals surface area contributed by atoms with E-state index in [9.17, 15) is 14.4 Å². The molecule has 26 heavy (non-hydrogen) atoms. The van der Waals surface area contributed by atoms with E-state index in [1.54, 1.807) is 6.20 Å². The summed E-state index contributed by atoms with van der Waals surface area (Å²) in [5.74, 6) is -0.757. The average molecular weight is 356 g/mol. The van der Waals surface area contributed by atoms with Gasteiger partial charge in [0.25, 0.3) is 0 Å². The van der Waals surface area contributed by atoms with Crippen LogP contribution in [0.15, 0.2) is 30.5 Å². The van der Waals surface area contributed by atoms with E-state index < -0.39 is 11.9 Å². The third-order valence-corrected chi connectivity index (χ3v) is 5.15. The van der Waals surface area contributed by atoms with Gasteiger partial charge in [0.2, 0.25) is 11.6 Å². The van der Waals surface area contributed by atoms with Crippen LogP contribution in [0.4, 0.5) is 4.79 Å². The van der Waals surface area contributed by atoms with Gasteiger partial charge >= 0.3 is 6.09 Å². The molecule has 6 heteroatoms. The molecule has 1 saturated heterocycles. The highest BCUT2D eigenvalue weighted by Crippen LogP contribution is 2.27. The SMILES string of the molecule is CC(C)n1cc(C(=O)C(=O)CC2CCN(C(=O)O)CC2)c2ccccc21. The maximum Gasteiger partial charge on any atom is 0.407 e. The number of hydrogen-bond donors (Lipinski definition) is 1. The van der Waals surface area contributed by atoms with Crippen molar-refractivity contribution < 1.29 is 19.5 Å². The third kappa shape index (κ3) is 3.49. The number of para-hydroxylation sites is 1. The number of piperidine rings is 1. The number of benzene rings is 1. The van der Waals surface area contributed by atoms with Crippen molar-refractivity contribution in [2.45, 2.75) is 39.2 Å². The lowest BCUT2D eigenvalue weighted by Crippen LogP contribution is -2.38. The van der Waals surface area contributed by atoms with Gasteiger partial charge in [-0.05, 0) is 38.7 Å². The second-order valence-electron chi connectivity index (χ2n) is 7.23. The number of rotatable bonds is 5. The molecule has 1 aromatic carbocycles. The molecule has 0 bridgehead atoms. The van der Waals surface area contributed by atoms with Crippen LogP contribution in [0.25, 0.3) is 10.9 Å². The topological polar surface area (TPSA) is 79.6 Å². The van der Waals surface area contributed by atoms with Crippen LogP contribution in [0.5, 0.6) is 0 Å². The molecule has 1 aliphatic rings. The first-order chi connectivity index (χ1) is 12.4. The van der Waals surface area contributed by atoms with Crippen LogP contribution < -0.4 is 0 Å². The lowest BCUT2D eigenvalue weighted by molar-refractivity contribution is -0.116. The van der Waals surface area contributed by atoms with Crippen molar-refractivity contribution >= 4 is 28.6 Å². The Morgan fingerprint density at radius 1 is 1.15 bits per heavy atom. The summed E-state index contributed by atoms with van der Waals surface area (Å²) in [5.41, 5.74) is 1.41. The second kappa shape index (κ2) is 7.32. The van der Waals surface area contributed by atoms with E-state index in [2.05, 4.69) is 0 Å². The number of ketones is 2. The molecule has 0 saturated carbocycles. The van der Waals surface area contributed by atoms with Crippen molar-refractivity contribution in [1.29, 1.82) is 0 Å². The van der Waals surface area contributed by atoms with Crippen LogP contribution in [-0.4, -0.2) is 45.3 Å². The zero-order valence-electron chi connectivity index (χ0n) is 15.1. The maximum atomic E-state index is 12.8. The summed E-state index contributed by atoms with van der Waals surface area (Å²) in [4.78, 5) is 37.7. The molecule has 2 aromatic rings. The highest BCUT2D eigenvalue weighted by molar-refractivity contribution is 6.45. The maximum absolute atomic E-state index is 12.8. The predicted octanol–water partition coefficient (Wildman–Crippen LogP) is 3.75. The fraction of sp³-hybridized carbons (Fsp3) is 0.450. The molecule has 2 heterocycles. The number of fused-ring (bicyclic) bond motifs is 1. The monoisotopic (exact) mass is 356 g/mol. The van der Waals surface area contributed by atoms with Crippen LogP contribution in [0.1, 0.15) is 49.5 Å². The molecule has 1 fully saturated rings. The molecule has 0 atom stereocenters. The Labute approximate surface area is 152 Å². The third-order valence-electron chi connectivity index (χ3n) is 5.15. The molecule has 1 aromatic heterocycles. The van der Waals surface area contributed by atoms with Gasteiger partial charge in [0.1, 0.15) is 0 Å². The van der Waals surface area contributed by atoms with Crippen LogP contribution >= 0.6 is 0 Å². The summed E-state index contributed by atoms with van der Waals surface area (Å²) in [5, 5.41) is 9.80. The second-order valence-corrected chi connectivity index (χ2v) is 7.23. The van der Waals surface area contributed by atoms with Crippen molar-refractivity contribution in [3.63, 3.8) is 0 Å². The van der Waals surface area contributed by atoms with Gasteiger partial charge in [-0.2, -0.15) is 0 Å². The van der Waals surface area contributed by atoms with Crippen LogP contribution in [-0.2, 0) is 4.79 Å². The number of carboxylic acid groups (broad SMARTS) is 1. The molecule has 0 spiro atoms. The Morgan fingerprint density at radius 3 is 2.42 bits per heavy atom. The molecule has 0 unspecified atom stereocenters. The normalized spacial score (nSPS) is 15.6. The van der Waals surface area contributed by atoms with Crippen molar-refractivity contribution in [3.8, 4) is 0 Å². The molecule has 3 rings (SSSR count). The lowest BCUT2D eigenvalue weighted by atomic mass is 9.90. The summed E-state index contributed by atoms with van der Waals surface area (Å²) in [6.45, 7) is 4.93. The van der Waals surface area contributed by atoms with Gasteiger partial charge in [0.05, 0.1) is 5.56 Å². The number of carbonyl (C=O) groups excluding carboxylic acids is 2. The van der Waals surface area contributed by atoms with Gasteiger partial charge in [0.15, 0.2) is 0 Å². The van der Waals surface area contributed by atoms with E-state index in [1.165, 1.54) is 4.90 Å². The largest absolute Gasteiger partial charge is 0.465 e. The average Bonchev–Trinajstić information content (AvgIpc) is 3.01. The van der Waals surface area contributed by atoms with E-state index in [1.807, 2.05) is 42.7 Å². The molecule has 6 nitrogen and oxygen atoms in total. The van der Waals surface area contributed by atoms with E-state index in [0.29, 0.717) is 31.5 Å². The smallest absolute Gasteiger partial charge is 0.407 e. The number of Topliss-reactive ketones (excluding diaryl/α,β-unsaturated/α-hetero) is 2. The van der Waals surface area contributed by atoms with Gasteiger partial charge in [-0.3, -0.25) is 9.59 Å². The van der Waals surface area contributed by atoms with Crippen LogP contribution in [0, 0.1) is 5.92 Å². The summed E-state index contributed by atoms with van der Waals surface area (Å²) in [6, 6.07) is 7.82. The van der Waals surface area contributed by atoms with Crippen molar-refractivity contribution in [3.05, 3.63) is 36.0 Å². The Balaban J connectivity index is 1.75. The number of hydrogen-bond acceptors (Lipinski definition) is 3. The van der Waals surface area contributed by atoms with E-state index >= 15 is 0 Å². The standard InChI is InChI=1S/C20H24N2O4/c1-13(2)22-12-16(15-5-3-4-6-17(15)22)19(24)18(23)11-14-7-9-21(10-8-14)20(25)26/h3-6,12-14H,7-11H2,1-2H3,(H,25,26). The number of likely N-dealkylation sites (tertiary alicyclic amines) is 1. The highest BCUT2D eigenvalue weighted by atomic mass is 16.4. The number of nitrogens with zero attached hydrogens (tertiary/aromatic N) is 2. The molecule has 1 aliphatic heterocycles. The zero-order chi connectivity index (χ0) is 18.8. The fourth-order valence-corrected chi connectivity index (χ4v) is 3.65. The van der Waals surface area contributed by atoms with Crippen molar-refractivity contribution in [2.24, 2.45) is 5.92 Å². The molecule has 1 amide bonds. The van der Waals surface area contributed by atoms with E-state index in [-0.39, 0.29) is 24.2 Å². The highest BCUT2D eigenvalue weighted by Gasteiger charge is 2.28. The minimum absolute atomic E-state index is 0.0699. The first-order valence-electron chi connectivity index (χ1n) is 9.03. The van der Waals surface area contributed by atoms with Crippen molar-refractivity contribution in [2.75, 3.05) is 13.1 Å². The molecule has 1 N–H and O–H groups in total. The van der Waals surface area contributed by atoms with Crippen LogP contribution in [0.3, 0.4) is 0 Å². The Morgan fingerprint density at radius 2 is 1.81 bits per heavy atom. The first-order valence-corrected chi connectivity index (χ1v) is 9.03. The van der Waals surface area contributed by atoms with E-state index in [4.69, 9.17) is 5.11 Å². The quantitative estimate of drug-likeness (QED) is 0.653. The summed E-state index contributed by atoms with van der Waals surface area (Å²) >= 11 is 0. The minimum atomic E-state index is -0.924. The van der Waals surface area contributed by atoms with Gasteiger partial charge in [-0.25, -0.2) is 4.79 Å². The summed E-state index contributed by atoms with van der Waals surface area (Å²) < 4.78 is 2.02.